The van der Waals surface area contributed by atoms with E-state index in [1.807, 2.05) is 32.9 Å². The first-order valence-corrected chi connectivity index (χ1v) is 8.04. The molecule has 0 spiro atoms. The lowest BCUT2D eigenvalue weighted by atomic mass is 10.1. The SMILES string of the molecule is CCNc1cc(NCC(C)(C)NS(C)(=O)=O)ccn1. The Kier molecular flexibility index (Phi) is 5.13. The van der Waals surface area contributed by atoms with E-state index in [-0.39, 0.29) is 0 Å². The fourth-order valence-electron chi connectivity index (χ4n) is 1.68. The van der Waals surface area contributed by atoms with E-state index >= 15 is 0 Å². The van der Waals surface area contributed by atoms with Gasteiger partial charge in [-0.2, -0.15) is 0 Å². The Labute approximate surface area is 115 Å². The molecule has 1 rings (SSSR count). The molecule has 1 aromatic heterocycles. The third kappa shape index (κ3) is 6.40. The summed E-state index contributed by atoms with van der Waals surface area (Å²) in [5.74, 6) is 0.793. The molecule has 108 valence electrons. The van der Waals surface area contributed by atoms with E-state index in [0.29, 0.717) is 6.54 Å². The van der Waals surface area contributed by atoms with E-state index in [9.17, 15) is 8.42 Å². The van der Waals surface area contributed by atoms with Crippen LogP contribution >= 0.6 is 0 Å². The van der Waals surface area contributed by atoms with Crippen LogP contribution in [0.4, 0.5) is 11.5 Å². The molecule has 0 radical (unpaired) electrons. The maximum Gasteiger partial charge on any atom is 0.209 e. The van der Waals surface area contributed by atoms with E-state index in [2.05, 4.69) is 20.3 Å². The third-order valence-electron chi connectivity index (χ3n) is 2.31. The summed E-state index contributed by atoms with van der Waals surface area (Å²) in [4.78, 5) is 4.17. The van der Waals surface area contributed by atoms with Crippen LogP contribution in [0.2, 0.25) is 0 Å². The molecule has 0 aromatic carbocycles. The maximum atomic E-state index is 11.2. The Hall–Kier alpha value is -1.34. The normalized spacial score (nSPS) is 12.2. The molecule has 0 aliphatic carbocycles. The Balaban J connectivity index is 2.63. The van der Waals surface area contributed by atoms with Crippen LogP contribution in [-0.4, -0.2) is 38.3 Å². The highest BCUT2D eigenvalue weighted by atomic mass is 32.2. The number of nitrogens with zero attached hydrogens (tertiary/aromatic N) is 1. The minimum absolute atomic E-state index is 0.482. The van der Waals surface area contributed by atoms with Crippen LogP contribution in [0.15, 0.2) is 18.3 Å². The summed E-state index contributed by atoms with van der Waals surface area (Å²) in [5, 5.41) is 6.32. The van der Waals surface area contributed by atoms with E-state index < -0.39 is 15.6 Å². The van der Waals surface area contributed by atoms with Crippen molar-refractivity contribution in [3.8, 4) is 0 Å². The van der Waals surface area contributed by atoms with Gasteiger partial charge in [0, 0.05) is 36.6 Å². The van der Waals surface area contributed by atoms with Crippen LogP contribution in [0.1, 0.15) is 20.8 Å². The third-order valence-corrected chi connectivity index (χ3v) is 3.24. The molecule has 0 saturated heterocycles. The molecular weight excluding hydrogens is 264 g/mol. The van der Waals surface area contributed by atoms with Crippen LogP contribution < -0.4 is 15.4 Å². The minimum Gasteiger partial charge on any atom is -0.383 e. The zero-order valence-corrected chi connectivity index (χ0v) is 12.6. The summed E-state index contributed by atoms with van der Waals surface area (Å²) in [6, 6.07) is 3.73. The number of hydrogen-bond acceptors (Lipinski definition) is 5. The lowest BCUT2D eigenvalue weighted by Gasteiger charge is -2.25. The average Bonchev–Trinajstić information content (AvgIpc) is 2.24. The molecule has 0 aliphatic rings. The molecule has 0 bridgehead atoms. The summed E-state index contributed by atoms with van der Waals surface area (Å²) in [6.07, 6.45) is 2.86. The van der Waals surface area contributed by atoms with Gasteiger partial charge in [0.1, 0.15) is 5.82 Å². The molecular formula is C12H22N4O2S. The second-order valence-corrected chi connectivity index (χ2v) is 6.82. The minimum atomic E-state index is -3.22. The molecule has 1 heterocycles. The molecule has 0 aliphatic heterocycles. The van der Waals surface area contributed by atoms with Crippen LogP contribution in [0.5, 0.6) is 0 Å². The Morgan fingerprint density at radius 3 is 2.58 bits per heavy atom. The topological polar surface area (TPSA) is 83.1 Å². The Morgan fingerprint density at radius 2 is 2.00 bits per heavy atom. The highest BCUT2D eigenvalue weighted by Gasteiger charge is 2.21. The number of nitrogens with one attached hydrogen (secondary N) is 3. The first kappa shape index (κ1) is 15.7. The van der Waals surface area contributed by atoms with Gasteiger partial charge >= 0.3 is 0 Å². The number of pyridine rings is 1. The summed E-state index contributed by atoms with van der Waals surface area (Å²) < 4.78 is 25.1. The molecule has 19 heavy (non-hydrogen) atoms. The summed E-state index contributed by atoms with van der Waals surface area (Å²) in [6.45, 7) is 6.94. The van der Waals surface area contributed by atoms with Crippen LogP contribution in [-0.2, 0) is 10.0 Å². The standard InChI is InChI=1S/C12H22N4O2S/c1-5-13-11-8-10(6-7-14-11)15-9-12(2,3)16-19(4,17)18/h6-8,16H,5,9H2,1-4H3,(H2,13,14,15). The van der Waals surface area contributed by atoms with E-state index in [4.69, 9.17) is 0 Å². The molecule has 6 nitrogen and oxygen atoms in total. The highest BCUT2D eigenvalue weighted by molar-refractivity contribution is 7.88. The smallest absolute Gasteiger partial charge is 0.209 e. The van der Waals surface area contributed by atoms with E-state index in [1.54, 1.807) is 6.20 Å². The lowest BCUT2D eigenvalue weighted by Crippen LogP contribution is -2.47. The van der Waals surface area contributed by atoms with Crippen LogP contribution in [0, 0.1) is 0 Å². The van der Waals surface area contributed by atoms with Crippen molar-refractivity contribution in [2.45, 2.75) is 26.3 Å². The molecule has 1 aromatic rings. The largest absolute Gasteiger partial charge is 0.383 e. The Bertz CT molecular complexity index is 514. The van der Waals surface area contributed by atoms with Gasteiger partial charge in [0.05, 0.1) is 6.26 Å². The maximum absolute atomic E-state index is 11.2. The molecule has 0 saturated carbocycles. The molecule has 0 amide bonds. The van der Waals surface area contributed by atoms with Crippen molar-refractivity contribution in [1.82, 2.24) is 9.71 Å². The summed E-state index contributed by atoms with van der Waals surface area (Å²) in [7, 11) is -3.22. The van der Waals surface area contributed by atoms with E-state index in [1.165, 1.54) is 0 Å². The molecule has 0 unspecified atom stereocenters. The first-order valence-electron chi connectivity index (χ1n) is 6.14. The zero-order valence-electron chi connectivity index (χ0n) is 11.8. The van der Waals surface area contributed by atoms with Crippen molar-refractivity contribution >= 4 is 21.5 Å². The van der Waals surface area contributed by atoms with Gasteiger partial charge in [-0.05, 0) is 26.8 Å². The molecule has 0 atom stereocenters. The second kappa shape index (κ2) is 6.21. The van der Waals surface area contributed by atoms with Gasteiger partial charge in [-0.25, -0.2) is 18.1 Å². The molecule has 7 heteroatoms. The fourth-order valence-corrected chi connectivity index (χ4v) is 2.76. The second-order valence-electron chi connectivity index (χ2n) is 5.07. The number of aromatic nitrogens is 1. The highest BCUT2D eigenvalue weighted by Crippen LogP contribution is 2.13. The summed E-state index contributed by atoms with van der Waals surface area (Å²) in [5.41, 5.74) is 0.337. The van der Waals surface area contributed by atoms with E-state index in [0.717, 1.165) is 24.3 Å². The van der Waals surface area contributed by atoms with Crippen molar-refractivity contribution in [2.24, 2.45) is 0 Å². The molecule has 0 fully saturated rings. The Morgan fingerprint density at radius 1 is 1.32 bits per heavy atom. The number of hydrogen-bond donors (Lipinski definition) is 3. The van der Waals surface area contributed by atoms with Gasteiger partial charge in [-0.15, -0.1) is 0 Å². The quantitative estimate of drug-likeness (QED) is 0.703. The predicted molar refractivity (Wildman–Crippen MR) is 78.9 cm³/mol. The van der Waals surface area contributed by atoms with Crippen molar-refractivity contribution in [2.75, 3.05) is 30.0 Å². The summed E-state index contributed by atoms with van der Waals surface area (Å²) >= 11 is 0. The van der Waals surface area contributed by atoms with Gasteiger partial charge in [0.2, 0.25) is 10.0 Å². The zero-order chi connectivity index (χ0) is 14.5. The van der Waals surface area contributed by atoms with Crippen molar-refractivity contribution in [3.05, 3.63) is 18.3 Å². The number of anilines is 2. The van der Waals surface area contributed by atoms with Crippen LogP contribution in [0.3, 0.4) is 0 Å². The van der Waals surface area contributed by atoms with Gasteiger partial charge in [0.15, 0.2) is 0 Å². The number of rotatable bonds is 7. The van der Waals surface area contributed by atoms with Gasteiger partial charge in [-0.3, -0.25) is 0 Å². The van der Waals surface area contributed by atoms with Crippen molar-refractivity contribution in [1.29, 1.82) is 0 Å². The van der Waals surface area contributed by atoms with Crippen molar-refractivity contribution < 1.29 is 8.42 Å². The lowest BCUT2D eigenvalue weighted by molar-refractivity contribution is 0.476. The molecule has 3 N–H and O–H groups in total. The van der Waals surface area contributed by atoms with Crippen LogP contribution in [0.25, 0.3) is 0 Å². The van der Waals surface area contributed by atoms with Gasteiger partial charge < -0.3 is 10.6 Å². The fraction of sp³-hybridized carbons (Fsp3) is 0.583. The van der Waals surface area contributed by atoms with Gasteiger partial charge in [-0.1, -0.05) is 0 Å². The monoisotopic (exact) mass is 286 g/mol. The average molecular weight is 286 g/mol. The van der Waals surface area contributed by atoms with Gasteiger partial charge in [0.25, 0.3) is 0 Å². The van der Waals surface area contributed by atoms with Crippen molar-refractivity contribution in [3.63, 3.8) is 0 Å². The first-order chi connectivity index (χ1) is 8.72. The predicted octanol–water partition coefficient (Wildman–Crippen LogP) is 1.25. The number of sulfonamides is 1.